The number of nitrogens with zero attached hydrogens (tertiary/aromatic N) is 2. The van der Waals surface area contributed by atoms with Crippen LogP contribution < -0.4 is 10.6 Å². The fourth-order valence-corrected chi connectivity index (χ4v) is 2.10. The van der Waals surface area contributed by atoms with Crippen LogP contribution in [0.15, 0.2) is 12.3 Å². The van der Waals surface area contributed by atoms with E-state index in [1.54, 1.807) is 0 Å². The van der Waals surface area contributed by atoms with Crippen molar-refractivity contribution in [2.75, 3.05) is 23.8 Å². The van der Waals surface area contributed by atoms with Crippen molar-refractivity contribution in [1.29, 1.82) is 0 Å². The summed E-state index contributed by atoms with van der Waals surface area (Å²) in [6.07, 6.45) is -3.45. The Morgan fingerprint density at radius 3 is 2.74 bits per heavy atom. The monoisotopic (exact) mass is 275 g/mol. The highest BCUT2D eigenvalue weighted by Crippen LogP contribution is 2.34. The number of aromatic nitrogens is 1. The molecule has 1 aliphatic heterocycles. The summed E-state index contributed by atoms with van der Waals surface area (Å²) in [5, 5.41) is 0. The number of nitrogen functional groups attached to an aromatic ring is 1. The van der Waals surface area contributed by atoms with Crippen LogP contribution in [-0.4, -0.2) is 30.3 Å². The van der Waals surface area contributed by atoms with Crippen molar-refractivity contribution in [1.82, 2.24) is 4.98 Å². The van der Waals surface area contributed by atoms with Crippen LogP contribution in [0.1, 0.15) is 19.5 Å². The van der Waals surface area contributed by atoms with E-state index >= 15 is 0 Å². The molecule has 4 nitrogen and oxygen atoms in total. The van der Waals surface area contributed by atoms with Gasteiger partial charge >= 0.3 is 6.18 Å². The molecule has 0 bridgehead atoms. The molecule has 1 aromatic rings. The van der Waals surface area contributed by atoms with Gasteiger partial charge in [-0.05, 0) is 19.9 Å². The quantitative estimate of drug-likeness (QED) is 0.854. The van der Waals surface area contributed by atoms with E-state index in [-0.39, 0.29) is 17.8 Å². The van der Waals surface area contributed by atoms with Gasteiger partial charge in [0, 0.05) is 12.6 Å². The van der Waals surface area contributed by atoms with Crippen LogP contribution in [0.2, 0.25) is 0 Å². The van der Waals surface area contributed by atoms with Crippen LogP contribution in [0, 0.1) is 0 Å². The zero-order valence-electron chi connectivity index (χ0n) is 10.7. The van der Waals surface area contributed by atoms with Crippen molar-refractivity contribution < 1.29 is 17.9 Å². The lowest BCUT2D eigenvalue weighted by molar-refractivity contribution is -0.141. The van der Waals surface area contributed by atoms with E-state index in [0.29, 0.717) is 18.8 Å². The second-order valence-corrected chi connectivity index (χ2v) is 4.77. The topological polar surface area (TPSA) is 51.4 Å². The van der Waals surface area contributed by atoms with E-state index in [9.17, 15) is 13.2 Å². The minimum absolute atomic E-state index is 0.0259. The van der Waals surface area contributed by atoms with Gasteiger partial charge in [0.15, 0.2) is 0 Å². The largest absolute Gasteiger partial charge is 0.433 e. The van der Waals surface area contributed by atoms with Gasteiger partial charge in [0.25, 0.3) is 0 Å². The van der Waals surface area contributed by atoms with E-state index in [1.807, 2.05) is 18.7 Å². The third kappa shape index (κ3) is 2.91. The molecule has 0 spiro atoms. The van der Waals surface area contributed by atoms with E-state index in [0.717, 1.165) is 12.3 Å². The first-order valence-corrected chi connectivity index (χ1v) is 6.00. The number of anilines is 2. The van der Waals surface area contributed by atoms with Gasteiger partial charge in [0.2, 0.25) is 0 Å². The van der Waals surface area contributed by atoms with Gasteiger partial charge in [0.1, 0.15) is 5.69 Å². The summed E-state index contributed by atoms with van der Waals surface area (Å²) in [4.78, 5) is 5.17. The smallest absolute Gasteiger partial charge is 0.396 e. The number of morpholine rings is 1. The highest BCUT2D eigenvalue weighted by atomic mass is 19.4. The Morgan fingerprint density at radius 2 is 2.11 bits per heavy atom. The van der Waals surface area contributed by atoms with Crippen molar-refractivity contribution in [2.24, 2.45) is 0 Å². The van der Waals surface area contributed by atoms with E-state index < -0.39 is 11.9 Å². The number of hydrogen-bond acceptors (Lipinski definition) is 4. The summed E-state index contributed by atoms with van der Waals surface area (Å²) in [6, 6.07) is 0.978. The van der Waals surface area contributed by atoms with Crippen molar-refractivity contribution in [3.63, 3.8) is 0 Å². The van der Waals surface area contributed by atoms with Crippen LogP contribution in [0.25, 0.3) is 0 Å². The summed E-state index contributed by atoms with van der Waals surface area (Å²) < 4.78 is 43.5. The third-order valence-electron chi connectivity index (χ3n) is 3.12. The zero-order valence-corrected chi connectivity index (χ0v) is 10.7. The van der Waals surface area contributed by atoms with Gasteiger partial charge < -0.3 is 15.4 Å². The number of nitrogens with two attached hydrogens (primary N) is 1. The summed E-state index contributed by atoms with van der Waals surface area (Å²) >= 11 is 0. The van der Waals surface area contributed by atoms with Crippen molar-refractivity contribution >= 4 is 11.4 Å². The van der Waals surface area contributed by atoms with Crippen molar-refractivity contribution in [3.05, 3.63) is 18.0 Å². The van der Waals surface area contributed by atoms with E-state index in [2.05, 4.69) is 4.98 Å². The Morgan fingerprint density at radius 1 is 1.42 bits per heavy atom. The molecular formula is C12H16F3N3O. The Labute approximate surface area is 109 Å². The van der Waals surface area contributed by atoms with Crippen molar-refractivity contribution in [2.45, 2.75) is 32.2 Å². The molecule has 2 N–H and O–H groups in total. The molecule has 106 valence electrons. The van der Waals surface area contributed by atoms with Gasteiger partial charge in [-0.15, -0.1) is 0 Å². The fourth-order valence-electron chi connectivity index (χ4n) is 2.10. The normalized spacial score (nSPS) is 24.6. The molecule has 0 saturated carbocycles. The second-order valence-electron chi connectivity index (χ2n) is 4.77. The van der Waals surface area contributed by atoms with Crippen LogP contribution >= 0.6 is 0 Å². The summed E-state index contributed by atoms with van der Waals surface area (Å²) in [5.74, 6) is 0. The first kappa shape index (κ1) is 13.9. The molecule has 2 atom stereocenters. The molecule has 1 aliphatic rings. The van der Waals surface area contributed by atoms with Crippen LogP contribution in [0.4, 0.5) is 24.5 Å². The number of pyridine rings is 1. The highest BCUT2D eigenvalue weighted by molar-refractivity contribution is 5.67. The standard InChI is InChI=1S/C12H16F3N3O/c1-7-6-19-8(2)5-18(7)10-3-11(12(13,14)15)17-4-9(10)16/h3-4,7-8H,5-6,16H2,1-2H3. The predicted molar refractivity (Wildman–Crippen MR) is 65.9 cm³/mol. The first-order valence-electron chi connectivity index (χ1n) is 6.00. The summed E-state index contributed by atoms with van der Waals surface area (Å²) in [6.45, 7) is 4.73. The summed E-state index contributed by atoms with van der Waals surface area (Å²) in [7, 11) is 0. The molecule has 19 heavy (non-hydrogen) atoms. The number of halogens is 3. The van der Waals surface area contributed by atoms with Gasteiger partial charge in [-0.1, -0.05) is 0 Å². The van der Waals surface area contributed by atoms with Crippen LogP contribution in [0.5, 0.6) is 0 Å². The molecule has 0 amide bonds. The second kappa shape index (κ2) is 4.88. The van der Waals surface area contributed by atoms with Gasteiger partial charge in [-0.2, -0.15) is 13.2 Å². The first-order chi connectivity index (χ1) is 8.79. The highest BCUT2D eigenvalue weighted by Gasteiger charge is 2.34. The number of alkyl halides is 3. The molecule has 0 radical (unpaired) electrons. The molecular weight excluding hydrogens is 259 g/mol. The fraction of sp³-hybridized carbons (Fsp3) is 0.583. The SMILES string of the molecule is CC1CN(c2cc(C(F)(F)F)ncc2N)C(C)CO1. The molecule has 1 fully saturated rings. The minimum atomic E-state index is -4.47. The molecule has 0 aromatic carbocycles. The molecule has 0 aliphatic carbocycles. The lowest BCUT2D eigenvalue weighted by Crippen LogP contribution is -2.47. The third-order valence-corrected chi connectivity index (χ3v) is 3.12. The zero-order chi connectivity index (χ0) is 14.2. The van der Waals surface area contributed by atoms with E-state index in [1.165, 1.54) is 0 Å². The molecule has 1 saturated heterocycles. The van der Waals surface area contributed by atoms with Gasteiger partial charge in [0.05, 0.1) is 30.3 Å². The maximum atomic E-state index is 12.7. The molecule has 2 unspecified atom stereocenters. The van der Waals surface area contributed by atoms with Crippen LogP contribution in [-0.2, 0) is 10.9 Å². The maximum absolute atomic E-state index is 12.7. The molecule has 2 rings (SSSR count). The lowest BCUT2D eigenvalue weighted by atomic mass is 10.1. The number of hydrogen-bond donors (Lipinski definition) is 1. The Balaban J connectivity index is 2.37. The molecule has 1 aromatic heterocycles. The van der Waals surface area contributed by atoms with Gasteiger partial charge in [-0.25, -0.2) is 4.98 Å². The lowest BCUT2D eigenvalue weighted by Gasteiger charge is -2.39. The average Bonchev–Trinajstić information content (AvgIpc) is 2.32. The Hall–Kier alpha value is -1.50. The number of rotatable bonds is 1. The summed E-state index contributed by atoms with van der Waals surface area (Å²) in [5.41, 5.74) is 5.44. The van der Waals surface area contributed by atoms with Gasteiger partial charge in [-0.3, -0.25) is 0 Å². The maximum Gasteiger partial charge on any atom is 0.433 e. The molecule has 2 heterocycles. The van der Waals surface area contributed by atoms with E-state index in [4.69, 9.17) is 10.5 Å². The molecule has 7 heteroatoms. The average molecular weight is 275 g/mol. The minimum Gasteiger partial charge on any atom is -0.396 e. The predicted octanol–water partition coefficient (Wildman–Crippen LogP) is 2.30. The Bertz CT molecular complexity index is 464. The van der Waals surface area contributed by atoms with Crippen LogP contribution in [0.3, 0.4) is 0 Å². The van der Waals surface area contributed by atoms with Crippen molar-refractivity contribution in [3.8, 4) is 0 Å². The number of ether oxygens (including phenoxy) is 1. The Kier molecular flexibility index (Phi) is 3.58.